The SMILES string of the molecule is CC[C@@](c1ccccc1)(c1cc(CO)ccc1OC(=O)C1CC1)N(C(C)C)C(C)C. The Labute approximate surface area is 180 Å². The number of hydrogen-bond donors (Lipinski definition) is 1. The number of ether oxygens (including phenoxy) is 1. The van der Waals surface area contributed by atoms with Crippen LogP contribution in [0.4, 0.5) is 0 Å². The highest BCUT2D eigenvalue weighted by atomic mass is 16.5. The zero-order valence-electron chi connectivity index (χ0n) is 18.9. The summed E-state index contributed by atoms with van der Waals surface area (Å²) in [4.78, 5) is 15.1. The zero-order chi connectivity index (χ0) is 21.9. The first-order chi connectivity index (χ1) is 14.3. The van der Waals surface area contributed by atoms with Gasteiger partial charge in [-0.05, 0) is 70.2 Å². The minimum Gasteiger partial charge on any atom is -0.426 e. The second-order valence-corrected chi connectivity index (χ2v) is 8.86. The Kier molecular flexibility index (Phi) is 6.99. The van der Waals surface area contributed by atoms with E-state index in [-0.39, 0.29) is 30.6 Å². The van der Waals surface area contributed by atoms with E-state index < -0.39 is 5.54 Å². The Bertz CT molecular complexity index is 850. The summed E-state index contributed by atoms with van der Waals surface area (Å²) in [5, 5.41) is 9.88. The van der Waals surface area contributed by atoms with Crippen LogP contribution < -0.4 is 4.74 Å². The highest BCUT2D eigenvalue weighted by Crippen LogP contribution is 2.46. The van der Waals surface area contributed by atoms with E-state index in [1.165, 1.54) is 0 Å². The van der Waals surface area contributed by atoms with Gasteiger partial charge in [0.15, 0.2) is 0 Å². The molecule has 1 aliphatic rings. The van der Waals surface area contributed by atoms with E-state index in [4.69, 9.17) is 4.74 Å². The number of carbonyl (C=O) groups is 1. The lowest BCUT2D eigenvalue weighted by Crippen LogP contribution is -2.53. The molecule has 0 bridgehead atoms. The monoisotopic (exact) mass is 409 g/mol. The van der Waals surface area contributed by atoms with Crippen LogP contribution in [-0.2, 0) is 16.9 Å². The van der Waals surface area contributed by atoms with E-state index in [9.17, 15) is 9.90 Å². The molecule has 0 radical (unpaired) electrons. The maximum Gasteiger partial charge on any atom is 0.314 e. The van der Waals surface area contributed by atoms with Gasteiger partial charge in [-0.3, -0.25) is 9.69 Å². The Morgan fingerprint density at radius 2 is 1.73 bits per heavy atom. The van der Waals surface area contributed by atoms with Crippen molar-refractivity contribution >= 4 is 5.97 Å². The van der Waals surface area contributed by atoms with Gasteiger partial charge in [-0.2, -0.15) is 0 Å². The minimum atomic E-state index is -0.492. The lowest BCUT2D eigenvalue weighted by molar-refractivity contribution is -0.135. The first kappa shape index (κ1) is 22.5. The van der Waals surface area contributed by atoms with Crippen molar-refractivity contribution in [2.75, 3.05) is 0 Å². The zero-order valence-corrected chi connectivity index (χ0v) is 18.9. The third-order valence-corrected chi connectivity index (χ3v) is 6.11. The molecule has 0 spiro atoms. The Hall–Kier alpha value is -2.17. The van der Waals surface area contributed by atoms with Crippen LogP contribution in [0, 0.1) is 5.92 Å². The van der Waals surface area contributed by atoms with Crippen LogP contribution in [0.5, 0.6) is 5.75 Å². The molecule has 4 heteroatoms. The van der Waals surface area contributed by atoms with Crippen molar-refractivity contribution in [2.45, 2.75) is 78.1 Å². The number of carbonyl (C=O) groups excluding carboxylic acids is 1. The molecule has 0 aliphatic heterocycles. The van der Waals surface area contributed by atoms with Crippen LogP contribution in [0.15, 0.2) is 48.5 Å². The van der Waals surface area contributed by atoms with E-state index in [2.05, 4.69) is 63.8 Å². The van der Waals surface area contributed by atoms with E-state index >= 15 is 0 Å². The van der Waals surface area contributed by atoms with Gasteiger partial charge < -0.3 is 9.84 Å². The molecule has 1 atom stereocenters. The maximum absolute atomic E-state index is 12.6. The van der Waals surface area contributed by atoms with Crippen LogP contribution in [0.25, 0.3) is 0 Å². The summed E-state index contributed by atoms with van der Waals surface area (Å²) in [6, 6.07) is 16.7. The van der Waals surface area contributed by atoms with Crippen molar-refractivity contribution < 1.29 is 14.6 Å². The number of esters is 1. The summed E-state index contributed by atoms with van der Waals surface area (Å²) in [6.07, 6.45) is 2.62. The second-order valence-electron chi connectivity index (χ2n) is 8.86. The first-order valence-corrected chi connectivity index (χ1v) is 11.1. The van der Waals surface area contributed by atoms with Gasteiger partial charge >= 0.3 is 5.97 Å². The van der Waals surface area contributed by atoms with Gasteiger partial charge in [0.25, 0.3) is 0 Å². The highest BCUT2D eigenvalue weighted by Gasteiger charge is 2.44. The molecule has 1 N–H and O–H groups in total. The summed E-state index contributed by atoms with van der Waals surface area (Å²) in [7, 11) is 0. The van der Waals surface area contributed by atoms with Gasteiger partial charge in [0, 0.05) is 17.6 Å². The summed E-state index contributed by atoms with van der Waals surface area (Å²) < 4.78 is 5.96. The van der Waals surface area contributed by atoms with Crippen LogP contribution in [0.2, 0.25) is 0 Å². The van der Waals surface area contributed by atoms with Gasteiger partial charge in [-0.1, -0.05) is 43.3 Å². The number of rotatable bonds is 9. The van der Waals surface area contributed by atoms with Crippen molar-refractivity contribution in [2.24, 2.45) is 5.92 Å². The Morgan fingerprint density at radius 1 is 1.10 bits per heavy atom. The number of benzene rings is 2. The topological polar surface area (TPSA) is 49.8 Å². The normalized spacial score (nSPS) is 16.2. The van der Waals surface area contributed by atoms with Gasteiger partial charge in [-0.15, -0.1) is 0 Å². The smallest absolute Gasteiger partial charge is 0.314 e. The highest BCUT2D eigenvalue weighted by molar-refractivity contribution is 5.78. The fourth-order valence-electron chi connectivity index (χ4n) is 4.81. The average molecular weight is 410 g/mol. The van der Waals surface area contributed by atoms with Gasteiger partial charge in [0.05, 0.1) is 18.1 Å². The molecular weight excluding hydrogens is 374 g/mol. The minimum absolute atomic E-state index is 0.0226. The van der Waals surface area contributed by atoms with Crippen molar-refractivity contribution in [3.05, 3.63) is 65.2 Å². The predicted octanol–water partition coefficient (Wildman–Crippen LogP) is 5.27. The standard InChI is InChI=1S/C26H35NO3/c1-6-26(22-10-8-7-9-11-22,27(18(2)3)19(4)5)23-16-20(17-28)12-15-24(23)30-25(29)21-13-14-21/h7-12,15-16,18-19,21,28H,6,13-14,17H2,1-5H3/t26-/m1/s1. The largest absolute Gasteiger partial charge is 0.426 e. The van der Waals surface area contributed by atoms with E-state index in [0.717, 1.165) is 36.0 Å². The molecule has 0 heterocycles. The molecule has 1 fully saturated rings. The number of nitrogens with zero attached hydrogens (tertiary/aromatic N) is 1. The van der Waals surface area contributed by atoms with Gasteiger partial charge in [-0.25, -0.2) is 0 Å². The summed E-state index contributed by atoms with van der Waals surface area (Å²) in [5.41, 5.74) is 2.43. The third kappa shape index (κ3) is 4.30. The van der Waals surface area contributed by atoms with Crippen LogP contribution in [0.3, 0.4) is 0 Å². The molecule has 30 heavy (non-hydrogen) atoms. The summed E-state index contributed by atoms with van der Waals surface area (Å²) in [6.45, 7) is 11.0. The molecule has 0 unspecified atom stereocenters. The van der Waals surface area contributed by atoms with E-state index in [0.29, 0.717) is 5.75 Å². The fourth-order valence-corrected chi connectivity index (χ4v) is 4.81. The summed E-state index contributed by atoms with van der Waals surface area (Å²) in [5.74, 6) is 0.474. The average Bonchev–Trinajstić information content (AvgIpc) is 3.58. The van der Waals surface area contributed by atoms with Crippen molar-refractivity contribution in [3.8, 4) is 5.75 Å². The quantitative estimate of drug-likeness (QED) is 0.453. The van der Waals surface area contributed by atoms with Gasteiger partial charge in [0.2, 0.25) is 0 Å². The van der Waals surface area contributed by atoms with Crippen molar-refractivity contribution in [1.29, 1.82) is 0 Å². The molecule has 4 nitrogen and oxygen atoms in total. The molecule has 2 aromatic carbocycles. The summed E-state index contributed by atoms with van der Waals surface area (Å²) >= 11 is 0. The molecule has 1 saturated carbocycles. The molecule has 2 aromatic rings. The third-order valence-electron chi connectivity index (χ3n) is 6.11. The first-order valence-electron chi connectivity index (χ1n) is 11.1. The Morgan fingerprint density at radius 3 is 2.23 bits per heavy atom. The van der Waals surface area contributed by atoms with E-state index in [1.54, 1.807) is 0 Å². The van der Waals surface area contributed by atoms with Crippen LogP contribution >= 0.6 is 0 Å². The molecule has 0 amide bonds. The predicted molar refractivity (Wildman–Crippen MR) is 120 cm³/mol. The molecule has 162 valence electrons. The molecule has 0 saturated heterocycles. The molecular formula is C26H35NO3. The fraction of sp³-hybridized carbons (Fsp3) is 0.500. The number of hydrogen-bond acceptors (Lipinski definition) is 4. The van der Waals surface area contributed by atoms with Crippen molar-refractivity contribution in [1.82, 2.24) is 4.90 Å². The van der Waals surface area contributed by atoms with Crippen molar-refractivity contribution in [3.63, 3.8) is 0 Å². The number of aliphatic hydroxyl groups is 1. The lowest BCUT2D eigenvalue weighted by atomic mass is 9.76. The van der Waals surface area contributed by atoms with Crippen LogP contribution in [-0.4, -0.2) is 28.1 Å². The lowest BCUT2D eigenvalue weighted by Gasteiger charge is -2.49. The maximum atomic E-state index is 12.6. The van der Waals surface area contributed by atoms with E-state index in [1.807, 2.05) is 24.3 Å². The second kappa shape index (κ2) is 9.32. The van der Waals surface area contributed by atoms with Crippen LogP contribution in [0.1, 0.15) is 70.6 Å². The molecule has 0 aromatic heterocycles. The molecule has 3 rings (SSSR count). The number of aliphatic hydroxyl groups excluding tert-OH is 1. The molecule has 1 aliphatic carbocycles. The Balaban J connectivity index is 2.28. The van der Waals surface area contributed by atoms with Gasteiger partial charge in [0.1, 0.15) is 5.75 Å².